The molecular weight excluding hydrogens is 340 g/mol. The van der Waals surface area contributed by atoms with Gasteiger partial charge in [-0.2, -0.15) is 4.31 Å². The van der Waals surface area contributed by atoms with Crippen LogP contribution in [0.5, 0.6) is 0 Å². The number of carboxylic acid groups (broad SMARTS) is 1. The number of ether oxygens (including phenoxy) is 2. The number of morpholine rings is 1. The van der Waals surface area contributed by atoms with Gasteiger partial charge >= 0.3 is 5.97 Å². The van der Waals surface area contributed by atoms with Gasteiger partial charge in [0.25, 0.3) is 5.91 Å². The van der Waals surface area contributed by atoms with Crippen LogP contribution in [0, 0.1) is 0 Å². The first-order valence-electron chi connectivity index (χ1n) is 7.89. The summed E-state index contributed by atoms with van der Waals surface area (Å²) in [7, 11) is -3.68. The van der Waals surface area contributed by atoms with E-state index in [9.17, 15) is 18.0 Å². The van der Waals surface area contributed by atoms with Crippen molar-refractivity contribution in [2.24, 2.45) is 0 Å². The molecule has 1 unspecified atom stereocenters. The molecule has 2 rings (SSSR count). The number of carbonyl (C=O) groups excluding carboxylic acids is 1. The van der Waals surface area contributed by atoms with Crippen LogP contribution in [0.3, 0.4) is 0 Å². The summed E-state index contributed by atoms with van der Waals surface area (Å²) in [5.74, 6) is -1.35. The van der Waals surface area contributed by atoms with Gasteiger partial charge in [0.1, 0.15) is 12.6 Å². The third-order valence-corrected chi connectivity index (χ3v) is 5.36. The standard InChI is InChI=1S/C14H24N2O7S/c1-10-3-4-12(23-10)14(19)15-5-6-22-11(7-15)8-16(9-13(17)18)24(2,20)21/h10-12H,3-9H2,1-2H3,(H,17,18)/t10-,11?,12-/m1/s1. The molecule has 0 radical (unpaired) electrons. The van der Waals surface area contributed by atoms with Crippen LogP contribution in [0.4, 0.5) is 0 Å². The molecule has 0 aromatic rings. The minimum atomic E-state index is -3.68. The number of amides is 1. The lowest BCUT2D eigenvalue weighted by atomic mass is 10.1. The summed E-state index contributed by atoms with van der Waals surface area (Å²) in [4.78, 5) is 24.9. The average Bonchev–Trinajstić information content (AvgIpc) is 2.91. The van der Waals surface area contributed by atoms with Gasteiger partial charge in [0.2, 0.25) is 10.0 Å². The second-order valence-electron chi connectivity index (χ2n) is 6.24. The SMILES string of the molecule is C[C@@H]1CC[C@H](C(=O)N2CCOC(CN(CC(=O)O)S(C)(=O)=O)C2)O1. The molecule has 0 spiro atoms. The van der Waals surface area contributed by atoms with E-state index in [0.29, 0.717) is 13.0 Å². The summed E-state index contributed by atoms with van der Waals surface area (Å²) < 4.78 is 35.4. The highest BCUT2D eigenvalue weighted by Gasteiger charge is 2.35. The number of carboxylic acids is 1. The molecule has 9 nitrogen and oxygen atoms in total. The molecule has 2 heterocycles. The van der Waals surface area contributed by atoms with Crippen molar-refractivity contribution in [3.63, 3.8) is 0 Å². The Hall–Kier alpha value is -1.23. The Morgan fingerprint density at radius 3 is 2.58 bits per heavy atom. The summed E-state index contributed by atoms with van der Waals surface area (Å²) in [6.45, 7) is 2.11. The number of nitrogens with zero attached hydrogens (tertiary/aromatic N) is 2. The summed E-state index contributed by atoms with van der Waals surface area (Å²) in [6.07, 6.45) is 1.52. The van der Waals surface area contributed by atoms with Crippen LogP contribution >= 0.6 is 0 Å². The maximum absolute atomic E-state index is 12.5. The van der Waals surface area contributed by atoms with Gasteiger partial charge < -0.3 is 19.5 Å². The summed E-state index contributed by atoms with van der Waals surface area (Å²) in [5, 5.41) is 8.86. The normalized spacial score (nSPS) is 28.3. The topological polar surface area (TPSA) is 113 Å². The van der Waals surface area contributed by atoms with Crippen molar-refractivity contribution in [2.45, 2.75) is 38.1 Å². The second kappa shape index (κ2) is 7.77. The van der Waals surface area contributed by atoms with Crippen molar-refractivity contribution < 1.29 is 32.6 Å². The Kier molecular flexibility index (Phi) is 6.18. The van der Waals surface area contributed by atoms with Crippen molar-refractivity contribution >= 4 is 21.9 Å². The van der Waals surface area contributed by atoms with Crippen molar-refractivity contribution in [1.29, 1.82) is 0 Å². The zero-order chi connectivity index (χ0) is 17.9. The highest BCUT2D eigenvalue weighted by molar-refractivity contribution is 7.88. The summed E-state index contributed by atoms with van der Waals surface area (Å²) >= 11 is 0. The Labute approximate surface area is 141 Å². The Balaban J connectivity index is 1.96. The molecule has 2 aliphatic rings. The van der Waals surface area contributed by atoms with Gasteiger partial charge in [0, 0.05) is 19.6 Å². The molecule has 24 heavy (non-hydrogen) atoms. The minimum absolute atomic E-state index is 0.0621. The molecule has 2 aliphatic heterocycles. The van der Waals surface area contributed by atoms with E-state index in [1.54, 1.807) is 4.90 Å². The molecule has 3 atom stereocenters. The van der Waals surface area contributed by atoms with Gasteiger partial charge in [0.05, 0.1) is 25.1 Å². The fourth-order valence-corrected chi connectivity index (χ4v) is 3.70. The van der Waals surface area contributed by atoms with E-state index < -0.39 is 34.7 Å². The molecule has 0 saturated carbocycles. The molecular formula is C14H24N2O7S. The maximum atomic E-state index is 12.5. The number of sulfonamides is 1. The lowest BCUT2D eigenvalue weighted by Gasteiger charge is -2.35. The van der Waals surface area contributed by atoms with E-state index in [0.717, 1.165) is 17.0 Å². The molecule has 1 N–H and O–H groups in total. The van der Waals surface area contributed by atoms with Crippen LogP contribution in [0.2, 0.25) is 0 Å². The fraction of sp³-hybridized carbons (Fsp3) is 0.857. The van der Waals surface area contributed by atoms with Gasteiger partial charge in [-0.1, -0.05) is 0 Å². The monoisotopic (exact) mass is 364 g/mol. The minimum Gasteiger partial charge on any atom is -0.480 e. The molecule has 0 bridgehead atoms. The Morgan fingerprint density at radius 2 is 2.04 bits per heavy atom. The molecule has 2 saturated heterocycles. The first kappa shape index (κ1) is 19.1. The number of rotatable bonds is 6. The van der Waals surface area contributed by atoms with E-state index in [1.807, 2.05) is 6.92 Å². The predicted octanol–water partition coefficient (Wildman–Crippen LogP) is -0.872. The highest BCUT2D eigenvalue weighted by atomic mass is 32.2. The van der Waals surface area contributed by atoms with Gasteiger partial charge in [-0.25, -0.2) is 8.42 Å². The van der Waals surface area contributed by atoms with Crippen molar-refractivity contribution in [2.75, 3.05) is 39.0 Å². The Morgan fingerprint density at radius 1 is 1.33 bits per heavy atom. The van der Waals surface area contributed by atoms with Crippen molar-refractivity contribution in [1.82, 2.24) is 9.21 Å². The first-order valence-corrected chi connectivity index (χ1v) is 9.74. The van der Waals surface area contributed by atoms with Crippen molar-refractivity contribution in [3.8, 4) is 0 Å². The number of carbonyl (C=O) groups is 2. The fourth-order valence-electron chi connectivity index (χ4n) is 2.91. The van der Waals surface area contributed by atoms with Crippen LogP contribution in [0.1, 0.15) is 19.8 Å². The van der Waals surface area contributed by atoms with E-state index in [-0.39, 0.29) is 31.7 Å². The number of hydrogen-bond acceptors (Lipinski definition) is 6. The molecule has 138 valence electrons. The lowest BCUT2D eigenvalue weighted by molar-refractivity contribution is -0.150. The van der Waals surface area contributed by atoms with Gasteiger partial charge in [-0.15, -0.1) is 0 Å². The van der Waals surface area contributed by atoms with E-state index in [1.165, 1.54) is 0 Å². The average molecular weight is 364 g/mol. The van der Waals surface area contributed by atoms with Crippen LogP contribution in [-0.2, 0) is 29.1 Å². The maximum Gasteiger partial charge on any atom is 0.318 e. The van der Waals surface area contributed by atoms with E-state index in [4.69, 9.17) is 14.6 Å². The van der Waals surface area contributed by atoms with E-state index >= 15 is 0 Å². The van der Waals surface area contributed by atoms with Crippen molar-refractivity contribution in [3.05, 3.63) is 0 Å². The quantitative estimate of drug-likeness (QED) is 0.651. The van der Waals surface area contributed by atoms with E-state index in [2.05, 4.69) is 0 Å². The second-order valence-corrected chi connectivity index (χ2v) is 8.22. The van der Waals surface area contributed by atoms with Crippen LogP contribution in [0.15, 0.2) is 0 Å². The van der Waals surface area contributed by atoms with Gasteiger partial charge in [-0.05, 0) is 19.8 Å². The molecule has 0 aliphatic carbocycles. The lowest BCUT2D eigenvalue weighted by Crippen LogP contribution is -2.53. The summed E-state index contributed by atoms with van der Waals surface area (Å²) in [5.41, 5.74) is 0. The zero-order valence-corrected chi connectivity index (χ0v) is 14.7. The molecule has 10 heteroatoms. The third-order valence-electron chi connectivity index (χ3n) is 4.15. The zero-order valence-electron chi connectivity index (χ0n) is 13.9. The summed E-state index contributed by atoms with van der Waals surface area (Å²) in [6, 6.07) is 0. The molecule has 0 aromatic heterocycles. The molecule has 0 aromatic carbocycles. The van der Waals surface area contributed by atoms with Crippen LogP contribution in [-0.4, -0.2) is 92.0 Å². The smallest absolute Gasteiger partial charge is 0.318 e. The van der Waals surface area contributed by atoms with Crippen LogP contribution in [0.25, 0.3) is 0 Å². The van der Waals surface area contributed by atoms with Gasteiger partial charge in [0.15, 0.2) is 0 Å². The Bertz CT molecular complexity index is 580. The van der Waals surface area contributed by atoms with Crippen LogP contribution < -0.4 is 0 Å². The first-order chi connectivity index (χ1) is 11.2. The highest BCUT2D eigenvalue weighted by Crippen LogP contribution is 2.22. The largest absolute Gasteiger partial charge is 0.480 e. The number of aliphatic carboxylic acids is 1. The third kappa shape index (κ3) is 5.13. The van der Waals surface area contributed by atoms with Gasteiger partial charge in [-0.3, -0.25) is 9.59 Å². The predicted molar refractivity (Wildman–Crippen MR) is 83.9 cm³/mol. The number of hydrogen-bond donors (Lipinski definition) is 1. The molecule has 1 amide bonds. The molecule has 2 fully saturated rings.